The van der Waals surface area contributed by atoms with E-state index in [2.05, 4.69) is 36.7 Å². The van der Waals surface area contributed by atoms with Crippen molar-refractivity contribution >= 4 is 11.3 Å². The van der Waals surface area contributed by atoms with Gasteiger partial charge in [-0.1, -0.05) is 19.9 Å². The maximum absolute atomic E-state index is 3.80. The van der Waals surface area contributed by atoms with Crippen molar-refractivity contribution in [3.63, 3.8) is 0 Å². The Morgan fingerprint density at radius 3 is 2.71 bits per heavy atom. The van der Waals surface area contributed by atoms with Gasteiger partial charge in [0.1, 0.15) is 0 Å². The molecule has 3 atom stereocenters. The molecule has 21 heavy (non-hydrogen) atoms. The smallest absolute Gasteiger partial charge is 0.00683 e. The molecule has 1 N–H and O–H groups in total. The summed E-state index contributed by atoms with van der Waals surface area (Å²) in [4.78, 5) is 1.58. The molecular formula is C19H31NS. The number of aryl methyl sites for hydroxylation is 1. The average Bonchev–Trinajstić information content (AvgIpc) is 3.17. The molecule has 2 aliphatic carbocycles. The molecule has 118 valence electrons. The second-order valence-corrected chi connectivity index (χ2v) is 8.67. The van der Waals surface area contributed by atoms with E-state index in [1.807, 2.05) is 11.3 Å². The van der Waals surface area contributed by atoms with Crippen LogP contribution in [0, 0.1) is 23.7 Å². The molecule has 2 aliphatic rings. The first-order chi connectivity index (χ1) is 10.2. The van der Waals surface area contributed by atoms with Crippen LogP contribution in [0.5, 0.6) is 0 Å². The lowest BCUT2D eigenvalue weighted by atomic mass is 9.69. The maximum atomic E-state index is 3.80. The van der Waals surface area contributed by atoms with Crippen molar-refractivity contribution in [3.05, 3.63) is 22.4 Å². The van der Waals surface area contributed by atoms with Gasteiger partial charge < -0.3 is 5.32 Å². The van der Waals surface area contributed by atoms with Gasteiger partial charge in [0.2, 0.25) is 0 Å². The van der Waals surface area contributed by atoms with E-state index in [4.69, 9.17) is 0 Å². The topological polar surface area (TPSA) is 12.0 Å². The molecule has 0 bridgehead atoms. The molecular weight excluding hydrogens is 274 g/mol. The van der Waals surface area contributed by atoms with Crippen LogP contribution in [-0.2, 0) is 6.42 Å². The highest BCUT2D eigenvalue weighted by Crippen LogP contribution is 2.40. The minimum Gasteiger partial charge on any atom is -0.314 e. The number of hydrogen-bond acceptors (Lipinski definition) is 2. The zero-order valence-electron chi connectivity index (χ0n) is 13.7. The summed E-state index contributed by atoms with van der Waals surface area (Å²) in [7, 11) is 0. The number of nitrogens with one attached hydrogen (secondary N) is 1. The molecule has 1 aromatic heterocycles. The molecule has 0 aliphatic heterocycles. The van der Waals surface area contributed by atoms with Crippen LogP contribution in [0.3, 0.4) is 0 Å². The molecule has 0 saturated heterocycles. The van der Waals surface area contributed by atoms with E-state index < -0.39 is 0 Å². The van der Waals surface area contributed by atoms with E-state index in [9.17, 15) is 0 Å². The third-order valence-corrected chi connectivity index (χ3v) is 6.65. The molecule has 0 spiro atoms. The van der Waals surface area contributed by atoms with Crippen molar-refractivity contribution in [1.29, 1.82) is 0 Å². The molecule has 1 nitrogen and oxygen atoms in total. The lowest BCUT2D eigenvalue weighted by molar-refractivity contribution is 0.138. The fourth-order valence-electron chi connectivity index (χ4n) is 3.98. The highest BCUT2D eigenvalue weighted by atomic mass is 32.1. The number of hydrogen-bond donors (Lipinski definition) is 1. The SMILES string of the molecule is CC(C)C1CCC(CNC2CC2)C(CCc2cccs2)C1. The van der Waals surface area contributed by atoms with Crippen LogP contribution in [0.1, 0.15) is 57.2 Å². The van der Waals surface area contributed by atoms with Crippen LogP contribution < -0.4 is 5.32 Å². The Kier molecular flexibility index (Phi) is 5.39. The van der Waals surface area contributed by atoms with Gasteiger partial charge in [-0.05, 0) is 86.6 Å². The second-order valence-electron chi connectivity index (χ2n) is 7.64. The molecule has 2 heteroatoms. The Morgan fingerprint density at radius 2 is 2.05 bits per heavy atom. The fraction of sp³-hybridized carbons (Fsp3) is 0.789. The van der Waals surface area contributed by atoms with Gasteiger partial charge in [-0.3, -0.25) is 0 Å². The lowest BCUT2D eigenvalue weighted by Crippen LogP contribution is -2.35. The molecule has 0 amide bonds. The van der Waals surface area contributed by atoms with E-state index in [-0.39, 0.29) is 0 Å². The van der Waals surface area contributed by atoms with Gasteiger partial charge in [0, 0.05) is 10.9 Å². The standard InChI is InChI=1S/C19H31NS/c1-14(2)15-5-6-17(13-20-18-8-9-18)16(12-15)7-10-19-4-3-11-21-19/h3-4,11,14-18,20H,5-10,12-13H2,1-2H3. The maximum Gasteiger partial charge on any atom is 0.00683 e. The monoisotopic (exact) mass is 305 g/mol. The summed E-state index contributed by atoms with van der Waals surface area (Å²) in [6.07, 6.45) is 9.93. The summed E-state index contributed by atoms with van der Waals surface area (Å²) in [5, 5.41) is 6.02. The van der Waals surface area contributed by atoms with Gasteiger partial charge in [0.15, 0.2) is 0 Å². The summed E-state index contributed by atoms with van der Waals surface area (Å²) in [6, 6.07) is 5.38. The first kappa shape index (κ1) is 15.6. The molecule has 2 fully saturated rings. The predicted octanol–water partition coefficient (Wildman–Crippen LogP) is 5.12. The lowest BCUT2D eigenvalue weighted by Gasteiger charge is -2.38. The Morgan fingerprint density at radius 1 is 1.19 bits per heavy atom. The summed E-state index contributed by atoms with van der Waals surface area (Å²) in [5.74, 6) is 3.71. The van der Waals surface area contributed by atoms with Crippen molar-refractivity contribution in [2.75, 3.05) is 6.54 Å². The van der Waals surface area contributed by atoms with Crippen molar-refractivity contribution in [2.45, 2.75) is 64.8 Å². The molecule has 3 unspecified atom stereocenters. The van der Waals surface area contributed by atoms with E-state index in [1.165, 1.54) is 51.5 Å². The number of rotatable bonds is 7. The van der Waals surface area contributed by atoms with Crippen LogP contribution in [0.15, 0.2) is 17.5 Å². The van der Waals surface area contributed by atoms with Gasteiger partial charge in [-0.25, -0.2) is 0 Å². The summed E-state index contributed by atoms with van der Waals surface area (Å²) in [6.45, 7) is 6.12. The van der Waals surface area contributed by atoms with Gasteiger partial charge >= 0.3 is 0 Å². The average molecular weight is 306 g/mol. The first-order valence-corrected chi connectivity index (χ1v) is 9.86. The largest absolute Gasteiger partial charge is 0.314 e. The molecule has 0 radical (unpaired) electrons. The zero-order chi connectivity index (χ0) is 14.7. The minimum atomic E-state index is 0.866. The van der Waals surface area contributed by atoms with Gasteiger partial charge in [-0.2, -0.15) is 0 Å². The van der Waals surface area contributed by atoms with Crippen LogP contribution in [-0.4, -0.2) is 12.6 Å². The summed E-state index contributed by atoms with van der Waals surface area (Å²) in [5.41, 5.74) is 0. The van der Waals surface area contributed by atoms with Gasteiger partial charge in [-0.15, -0.1) is 11.3 Å². The molecule has 2 saturated carbocycles. The summed E-state index contributed by atoms with van der Waals surface area (Å²) < 4.78 is 0. The van der Waals surface area contributed by atoms with Crippen molar-refractivity contribution in [1.82, 2.24) is 5.32 Å². The van der Waals surface area contributed by atoms with Crippen molar-refractivity contribution < 1.29 is 0 Å². The van der Waals surface area contributed by atoms with Crippen molar-refractivity contribution in [2.24, 2.45) is 23.7 Å². The Balaban J connectivity index is 1.54. The van der Waals surface area contributed by atoms with Crippen LogP contribution in [0.4, 0.5) is 0 Å². The first-order valence-electron chi connectivity index (χ1n) is 8.98. The quantitative estimate of drug-likeness (QED) is 0.737. The fourth-order valence-corrected chi connectivity index (χ4v) is 4.70. The van der Waals surface area contributed by atoms with Crippen molar-refractivity contribution in [3.8, 4) is 0 Å². The van der Waals surface area contributed by atoms with E-state index >= 15 is 0 Å². The summed E-state index contributed by atoms with van der Waals surface area (Å²) >= 11 is 1.93. The zero-order valence-corrected chi connectivity index (χ0v) is 14.5. The van der Waals surface area contributed by atoms with E-state index in [0.29, 0.717) is 0 Å². The Bertz CT molecular complexity index is 407. The number of thiophene rings is 1. The van der Waals surface area contributed by atoms with Gasteiger partial charge in [0.25, 0.3) is 0 Å². The van der Waals surface area contributed by atoms with Gasteiger partial charge in [0.05, 0.1) is 0 Å². The molecule has 1 aromatic rings. The predicted molar refractivity (Wildman–Crippen MR) is 92.8 cm³/mol. The normalized spacial score (nSPS) is 30.0. The third kappa shape index (κ3) is 4.56. The highest BCUT2D eigenvalue weighted by molar-refractivity contribution is 7.09. The van der Waals surface area contributed by atoms with Crippen LogP contribution in [0.25, 0.3) is 0 Å². The third-order valence-electron chi connectivity index (χ3n) is 5.71. The highest BCUT2D eigenvalue weighted by Gasteiger charge is 2.32. The minimum absolute atomic E-state index is 0.866. The van der Waals surface area contributed by atoms with Crippen LogP contribution >= 0.6 is 11.3 Å². The van der Waals surface area contributed by atoms with Crippen LogP contribution in [0.2, 0.25) is 0 Å². The van der Waals surface area contributed by atoms with E-state index in [0.717, 1.165) is 29.7 Å². The second kappa shape index (κ2) is 7.28. The van der Waals surface area contributed by atoms with E-state index in [1.54, 1.807) is 4.88 Å². The molecule has 0 aromatic carbocycles. The Hall–Kier alpha value is -0.340. The Labute approximate surface area is 134 Å². The molecule has 3 rings (SSSR count). The molecule has 1 heterocycles.